The summed E-state index contributed by atoms with van der Waals surface area (Å²) in [7, 11) is 0. The minimum absolute atomic E-state index is 0.368. The van der Waals surface area contributed by atoms with Crippen molar-refractivity contribution in [2.75, 3.05) is 5.88 Å². The van der Waals surface area contributed by atoms with E-state index in [1.807, 2.05) is 0 Å². The summed E-state index contributed by atoms with van der Waals surface area (Å²) in [5.74, 6) is 0.368. The molecule has 0 aromatic carbocycles. The molecule has 0 N–H and O–H groups in total. The largest absolute Gasteiger partial charge is 0.243 e. The average Bonchev–Trinajstić information content (AvgIpc) is 1.68. The van der Waals surface area contributed by atoms with Gasteiger partial charge in [0.05, 0.1) is 0 Å². The summed E-state index contributed by atoms with van der Waals surface area (Å²) in [6, 6.07) is 0. The molecule has 1 unspecified atom stereocenters. The Hall–Kier alpha value is -0.0400. The Morgan fingerprint density at radius 1 is 1.86 bits per heavy atom. The Kier molecular flexibility index (Phi) is 4.10. The molecule has 0 bridgehead atoms. The van der Waals surface area contributed by atoms with Gasteiger partial charge >= 0.3 is 0 Å². The third-order valence-corrected chi connectivity index (χ3v) is 0.859. The summed E-state index contributed by atoms with van der Waals surface area (Å²) in [6.45, 7) is 3.25. The topological polar surface area (TPSA) is 0 Å². The zero-order valence-electron chi connectivity index (χ0n) is 4.03. The van der Waals surface area contributed by atoms with Crippen LogP contribution in [0.5, 0.6) is 0 Å². The van der Waals surface area contributed by atoms with E-state index in [1.54, 1.807) is 0 Å². The summed E-state index contributed by atoms with van der Waals surface area (Å²) in [5.41, 5.74) is 0. The van der Waals surface area contributed by atoms with Crippen LogP contribution in [0, 0.1) is 0 Å². The fourth-order valence-corrected chi connectivity index (χ4v) is 0.431. The van der Waals surface area contributed by atoms with Crippen LogP contribution in [-0.4, -0.2) is 12.1 Å². The van der Waals surface area contributed by atoms with Gasteiger partial charge in [0.25, 0.3) is 0 Å². The van der Waals surface area contributed by atoms with E-state index < -0.39 is 6.17 Å². The Balaban J connectivity index is 2.98. The summed E-state index contributed by atoms with van der Waals surface area (Å²) < 4.78 is 11.9. The molecule has 0 spiro atoms. The van der Waals surface area contributed by atoms with Gasteiger partial charge in [-0.3, -0.25) is 0 Å². The van der Waals surface area contributed by atoms with E-state index in [-0.39, 0.29) is 0 Å². The number of halogens is 2. The maximum atomic E-state index is 11.9. The van der Waals surface area contributed by atoms with Crippen LogP contribution in [-0.2, 0) is 0 Å². The molecule has 0 saturated heterocycles. The van der Waals surface area contributed by atoms with Crippen LogP contribution in [0.1, 0.15) is 6.42 Å². The number of hydrogen-bond acceptors (Lipinski definition) is 0. The minimum Gasteiger partial charge on any atom is -0.243 e. The van der Waals surface area contributed by atoms with Crippen molar-refractivity contribution in [1.29, 1.82) is 0 Å². The molecule has 0 nitrogen and oxygen atoms in total. The first-order valence-electron chi connectivity index (χ1n) is 2.14. The Labute approximate surface area is 48.0 Å². The Morgan fingerprint density at radius 3 is 2.57 bits per heavy atom. The van der Waals surface area contributed by atoms with Gasteiger partial charge in [0.1, 0.15) is 6.17 Å². The molecule has 0 rings (SSSR count). The zero-order chi connectivity index (χ0) is 5.70. The van der Waals surface area contributed by atoms with Gasteiger partial charge in [0, 0.05) is 5.88 Å². The molecule has 0 amide bonds. The highest BCUT2D eigenvalue weighted by atomic mass is 35.5. The van der Waals surface area contributed by atoms with Crippen LogP contribution in [0.2, 0.25) is 0 Å². The highest BCUT2D eigenvalue weighted by Gasteiger charge is 1.95. The van der Waals surface area contributed by atoms with Crippen molar-refractivity contribution in [3.05, 3.63) is 12.7 Å². The first-order valence-corrected chi connectivity index (χ1v) is 2.67. The summed E-state index contributed by atoms with van der Waals surface area (Å²) >= 11 is 5.19. The quantitative estimate of drug-likeness (QED) is 0.398. The normalized spacial score (nSPS) is 13.4. The van der Waals surface area contributed by atoms with Crippen LogP contribution < -0.4 is 0 Å². The molecule has 0 saturated carbocycles. The van der Waals surface area contributed by atoms with Gasteiger partial charge in [-0.05, 0) is 6.42 Å². The first kappa shape index (κ1) is 6.96. The minimum atomic E-state index is -0.919. The van der Waals surface area contributed by atoms with Crippen LogP contribution in [0.25, 0.3) is 0 Å². The number of rotatable bonds is 3. The molecule has 0 fully saturated rings. The summed E-state index contributed by atoms with van der Waals surface area (Å²) in [4.78, 5) is 0. The van der Waals surface area contributed by atoms with Gasteiger partial charge in [0.15, 0.2) is 0 Å². The van der Waals surface area contributed by atoms with Crippen molar-refractivity contribution in [2.24, 2.45) is 0 Å². The monoisotopic (exact) mass is 122 g/mol. The second kappa shape index (κ2) is 4.13. The molecule has 7 heavy (non-hydrogen) atoms. The molecule has 0 aromatic heterocycles. The number of hydrogen-bond donors (Lipinski definition) is 0. The van der Waals surface area contributed by atoms with E-state index in [4.69, 9.17) is 11.6 Å². The lowest BCUT2D eigenvalue weighted by atomic mass is 10.3. The highest BCUT2D eigenvalue weighted by Crippen LogP contribution is 1.98. The number of alkyl halides is 2. The molecule has 0 aliphatic carbocycles. The van der Waals surface area contributed by atoms with Crippen LogP contribution in [0.4, 0.5) is 4.39 Å². The standard InChI is InChI=1S/C5H8ClF/c1-2-5(7)3-4-6/h2,5H,1,3-4H2. The van der Waals surface area contributed by atoms with Gasteiger partial charge in [-0.1, -0.05) is 6.08 Å². The van der Waals surface area contributed by atoms with Gasteiger partial charge < -0.3 is 0 Å². The molecule has 0 aromatic rings. The fourth-order valence-electron chi connectivity index (χ4n) is 0.222. The van der Waals surface area contributed by atoms with Crippen LogP contribution in [0.15, 0.2) is 12.7 Å². The lowest BCUT2D eigenvalue weighted by Gasteiger charge is -1.93. The van der Waals surface area contributed by atoms with Gasteiger partial charge in [-0.25, -0.2) is 4.39 Å². The predicted octanol–water partition coefficient (Wildman–Crippen LogP) is 2.14. The maximum Gasteiger partial charge on any atom is 0.119 e. The summed E-state index contributed by atoms with van der Waals surface area (Å²) in [5, 5.41) is 0. The second-order valence-electron chi connectivity index (χ2n) is 1.23. The fraction of sp³-hybridized carbons (Fsp3) is 0.600. The van der Waals surface area contributed by atoms with Crippen LogP contribution >= 0.6 is 11.6 Å². The third kappa shape index (κ3) is 3.80. The van der Waals surface area contributed by atoms with Gasteiger partial charge in [-0.2, -0.15) is 0 Å². The zero-order valence-corrected chi connectivity index (χ0v) is 4.79. The summed E-state index contributed by atoms with van der Waals surface area (Å²) in [6.07, 6.45) is 0.713. The van der Waals surface area contributed by atoms with Gasteiger partial charge in [-0.15, -0.1) is 18.2 Å². The van der Waals surface area contributed by atoms with E-state index in [9.17, 15) is 4.39 Å². The van der Waals surface area contributed by atoms with Crippen molar-refractivity contribution in [3.63, 3.8) is 0 Å². The Morgan fingerprint density at radius 2 is 2.43 bits per heavy atom. The molecule has 2 heteroatoms. The van der Waals surface area contributed by atoms with E-state index in [0.29, 0.717) is 12.3 Å². The first-order chi connectivity index (χ1) is 3.31. The van der Waals surface area contributed by atoms with Crippen molar-refractivity contribution in [3.8, 4) is 0 Å². The lowest BCUT2D eigenvalue weighted by molar-refractivity contribution is 0.393. The molecule has 0 heterocycles. The van der Waals surface area contributed by atoms with Gasteiger partial charge in [0.2, 0.25) is 0 Å². The van der Waals surface area contributed by atoms with Crippen molar-refractivity contribution in [2.45, 2.75) is 12.6 Å². The van der Waals surface area contributed by atoms with E-state index >= 15 is 0 Å². The Bertz CT molecular complexity index is 54.0. The lowest BCUT2D eigenvalue weighted by Crippen LogP contribution is -1.93. The molecular weight excluding hydrogens is 115 g/mol. The molecule has 1 atom stereocenters. The van der Waals surface area contributed by atoms with Crippen LogP contribution in [0.3, 0.4) is 0 Å². The number of allylic oxidation sites excluding steroid dienone is 1. The smallest absolute Gasteiger partial charge is 0.119 e. The maximum absolute atomic E-state index is 11.9. The average molecular weight is 123 g/mol. The van der Waals surface area contributed by atoms with E-state index in [2.05, 4.69) is 6.58 Å². The molecule has 42 valence electrons. The molecule has 0 aliphatic heterocycles. The molecular formula is C5H8ClF. The SMILES string of the molecule is C=CC(F)CCCl. The predicted molar refractivity (Wildman–Crippen MR) is 30.4 cm³/mol. The van der Waals surface area contributed by atoms with Crippen molar-refractivity contribution >= 4 is 11.6 Å². The molecule has 0 aliphatic rings. The van der Waals surface area contributed by atoms with E-state index in [0.717, 1.165) is 0 Å². The van der Waals surface area contributed by atoms with Crippen molar-refractivity contribution < 1.29 is 4.39 Å². The molecule has 0 radical (unpaired) electrons. The highest BCUT2D eigenvalue weighted by molar-refractivity contribution is 6.17. The van der Waals surface area contributed by atoms with Crippen molar-refractivity contribution in [1.82, 2.24) is 0 Å². The third-order valence-electron chi connectivity index (χ3n) is 0.641. The second-order valence-corrected chi connectivity index (χ2v) is 1.61. The van der Waals surface area contributed by atoms with E-state index in [1.165, 1.54) is 6.08 Å².